The molecule has 3 rings (SSSR count). The van der Waals surface area contributed by atoms with E-state index in [9.17, 15) is 21.6 Å². The molecular weight excluding hydrogens is 426 g/mol. The first-order valence-electron chi connectivity index (χ1n) is 10.4. The van der Waals surface area contributed by atoms with Crippen molar-refractivity contribution in [3.05, 3.63) is 29.8 Å². The van der Waals surface area contributed by atoms with Crippen molar-refractivity contribution in [3.8, 4) is 5.75 Å². The van der Waals surface area contributed by atoms with E-state index in [0.29, 0.717) is 17.7 Å². The van der Waals surface area contributed by atoms with Gasteiger partial charge in [0.25, 0.3) is 0 Å². The monoisotopic (exact) mass is 457 g/mol. The molecular formula is C21H31NO6S2. The minimum atomic E-state index is -3.34. The lowest BCUT2D eigenvalue weighted by Gasteiger charge is -2.44. The molecule has 30 heavy (non-hydrogen) atoms. The molecule has 1 fully saturated rings. The van der Waals surface area contributed by atoms with E-state index in [-0.39, 0.29) is 30.1 Å². The molecule has 2 aliphatic rings. The van der Waals surface area contributed by atoms with Crippen molar-refractivity contribution in [1.82, 2.24) is 4.90 Å². The Labute approximate surface area is 179 Å². The molecule has 1 aromatic rings. The Balaban J connectivity index is 1.98. The molecule has 0 aromatic heterocycles. The van der Waals surface area contributed by atoms with Gasteiger partial charge in [-0.3, -0.25) is 4.79 Å². The van der Waals surface area contributed by atoms with Crippen LogP contribution in [0.5, 0.6) is 5.75 Å². The number of likely N-dealkylation sites (tertiary alicyclic amines) is 1. The van der Waals surface area contributed by atoms with Gasteiger partial charge >= 0.3 is 0 Å². The van der Waals surface area contributed by atoms with Crippen molar-refractivity contribution in [2.24, 2.45) is 5.41 Å². The molecule has 168 valence electrons. The molecule has 0 amide bonds. The van der Waals surface area contributed by atoms with Gasteiger partial charge in [0.1, 0.15) is 31.5 Å². The lowest BCUT2D eigenvalue weighted by Crippen LogP contribution is -2.51. The molecule has 0 saturated carbocycles. The van der Waals surface area contributed by atoms with Gasteiger partial charge in [-0.05, 0) is 57.3 Å². The highest BCUT2D eigenvalue weighted by Gasteiger charge is 2.51. The van der Waals surface area contributed by atoms with Gasteiger partial charge in [0.05, 0.1) is 22.5 Å². The Morgan fingerprint density at radius 2 is 1.57 bits per heavy atom. The topological polar surface area (TPSA) is 97.8 Å². The second kappa shape index (κ2) is 8.96. The second-order valence-electron chi connectivity index (χ2n) is 8.69. The SMILES string of the molecule is CS(=O)(=O)CCC1(CCS(C)(=O)=O)C(=O)c2ccccc2OC1CCN1CCCC1. The first-order chi connectivity index (χ1) is 14.0. The number of para-hydroxylation sites is 1. The summed E-state index contributed by atoms with van der Waals surface area (Å²) < 4.78 is 54.1. The van der Waals surface area contributed by atoms with Crippen LogP contribution < -0.4 is 4.74 Å². The Kier molecular flexibility index (Phi) is 6.94. The zero-order valence-electron chi connectivity index (χ0n) is 17.7. The Hall–Kier alpha value is -1.45. The number of carbonyl (C=O) groups is 1. The third-order valence-corrected chi connectivity index (χ3v) is 8.10. The minimum Gasteiger partial charge on any atom is -0.489 e. The molecule has 2 heterocycles. The van der Waals surface area contributed by atoms with E-state index in [4.69, 9.17) is 4.74 Å². The number of hydrogen-bond acceptors (Lipinski definition) is 7. The first-order valence-corrected chi connectivity index (χ1v) is 14.5. The van der Waals surface area contributed by atoms with Gasteiger partial charge in [0.15, 0.2) is 5.78 Å². The van der Waals surface area contributed by atoms with E-state index in [1.165, 1.54) is 0 Å². The summed E-state index contributed by atoms with van der Waals surface area (Å²) in [6.45, 7) is 2.73. The highest BCUT2D eigenvalue weighted by molar-refractivity contribution is 7.90. The van der Waals surface area contributed by atoms with Crippen LogP contribution in [0.3, 0.4) is 0 Å². The van der Waals surface area contributed by atoms with Crippen molar-refractivity contribution in [2.45, 2.75) is 38.2 Å². The molecule has 9 heteroatoms. The lowest BCUT2D eigenvalue weighted by molar-refractivity contribution is 0.0150. The van der Waals surface area contributed by atoms with E-state index >= 15 is 0 Å². The summed E-state index contributed by atoms with van der Waals surface area (Å²) in [4.78, 5) is 16.0. The molecule has 0 bridgehead atoms. The number of hydrogen-bond donors (Lipinski definition) is 0. The smallest absolute Gasteiger partial charge is 0.176 e. The van der Waals surface area contributed by atoms with Gasteiger partial charge in [-0.1, -0.05) is 12.1 Å². The molecule has 0 N–H and O–H groups in total. The lowest BCUT2D eigenvalue weighted by atomic mass is 9.68. The zero-order chi connectivity index (χ0) is 22.0. The van der Waals surface area contributed by atoms with Gasteiger partial charge in [-0.25, -0.2) is 16.8 Å². The van der Waals surface area contributed by atoms with Crippen molar-refractivity contribution in [3.63, 3.8) is 0 Å². The maximum absolute atomic E-state index is 13.7. The number of carbonyl (C=O) groups excluding carboxylic acids is 1. The van der Waals surface area contributed by atoms with Crippen LogP contribution in [0.1, 0.15) is 42.5 Å². The standard InChI is InChI=1S/C21H31NO6S2/c1-29(24,25)15-10-21(11-16-30(2,26)27)19(9-14-22-12-5-6-13-22)28-18-8-4-3-7-17(18)20(21)23/h3-4,7-8,19H,5-6,9-16H2,1-2H3. The van der Waals surface area contributed by atoms with Crippen LogP contribution in [-0.2, 0) is 19.7 Å². The number of fused-ring (bicyclic) bond motifs is 1. The summed E-state index contributed by atoms with van der Waals surface area (Å²) in [6.07, 6.45) is 4.65. The molecule has 1 unspecified atom stereocenters. The Morgan fingerprint density at radius 1 is 1.00 bits per heavy atom. The Bertz CT molecular complexity index is 945. The molecule has 2 aliphatic heterocycles. The van der Waals surface area contributed by atoms with Gasteiger partial charge in [-0.2, -0.15) is 0 Å². The molecule has 1 saturated heterocycles. The highest BCUT2D eigenvalue weighted by Crippen LogP contribution is 2.45. The number of ether oxygens (including phenoxy) is 1. The van der Waals surface area contributed by atoms with Crippen molar-refractivity contribution >= 4 is 25.5 Å². The van der Waals surface area contributed by atoms with E-state index in [1.54, 1.807) is 24.3 Å². The largest absolute Gasteiger partial charge is 0.489 e. The van der Waals surface area contributed by atoms with E-state index in [1.807, 2.05) is 0 Å². The number of ketones is 1. The summed E-state index contributed by atoms with van der Waals surface area (Å²) in [6, 6.07) is 6.95. The summed E-state index contributed by atoms with van der Waals surface area (Å²) in [5.74, 6) is -0.0889. The van der Waals surface area contributed by atoms with Crippen molar-refractivity contribution in [1.29, 1.82) is 0 Å². The maximum atomic E-state index is 13.7. The predicted molar refractivity (Wildman–Crippen MR) is 117 cm³/mol. The number of benzene rings is 1. The molecule has 0 radical (unpaired) electrons. The average Bonchev–Trinajstić information content (AvgIpc) is 3.17. The summed E-state index contributed by atoms with van der Waals surface area (Å²) in [5.41, 5.74) is -0.780. The maximum Gasteiger partial charge on any atom is 0.176 e. The normalized spacial score (nSPS) is 21.9. The number of Topliss-reactive ketones (excluding diaryl/α,β-unsaturated/α-hetero) is 1. The van der Waals surface area contributed by atoms with E-state index in [0.717, 1.165) is 45.0 Å². The number of rotatable bonds is 9. The summed E-state index contributed by atoms with van der Waals surface area (Å²) in [7, 11) is -6.68. The van der Waals surface area contributed by atoms with E-state index < -0.39 is 31.2 Å². The van der Waals surface area contributed by atoms with Gasteiger partial charge in [0.2, 0.25) is 0 Å². The van der Waals surface area contributed by atoms with Crippen LogP contribution in [-0.4, -0.2) is 77.3 Å². The van der Waals surface area contributed by atoms with Gasteiger partial charge < -0.3 is 9.64 Å². The summed E-state index contributed by atoms with van der Waals surface area (Å²) >= 11 is 0. The van der Waals surface area contributed by atoms with Gasteiger partial charge in [-0.15, -0.1) is 0 Å². The third kappa shape index (κ3) is 5.62. The molecule has 1 atom stereocenters. The highest BCUT2D eigenvalue weighted by atomic mass is 32.2. The number of nitrogens with zero attached hydrogens (tertiary/aromatic N) is 1. The minimum absolute atomic E-state index is 0.0547. The quantitative estimate of drug-likeness (QED) is 0.559. The van der Waals surface area contributed by atoms with Gasteiger partial charge in [0, 0.05) is 19.1 Å². The van der Waals surface area contributed by atoms with Crippen LogP contribution in [0.2, 0.25) is 0 Å². The van der Waals surface area contributed by atoms with Crippen molar-refractivity contribution in [2.75, 3.05) is 43.7 Å². The summed E-state index contributed by atoms with van der Waals surface area (Å²) in [5, 5.41) is 0. The Morgan fingerprint density at radius 3 is 2.13 bits per heavy atom. The molecule has 7 nitrogen and oxygen atoms in total. The third-order valence-electron chi connectivity index (χ3n) is 6.21. The van der Waals surface area contributed by atoms with Crippen LogP contribution in [0.25, 0.3) is 0 Å². The van der Waals surface area contributed by atoms with Crippen LogP contribution in [0.15, 0.2) is 24.3 Å². The zero-order valence-corrected chi connectivity index (χ0v) is 19.3. The fraction of sp³-hybridized carbons (Fsp3) is 0.667. The fourth-order valence-corrected chi connectivity index (χ4v) is 5.96. The van der Waals surface area contributed by atoms with E-state index in [2.05, 4.69) is 4.90 Å². The molecule has 0 spiro atoms. The van der Waals surface area contributed by atoms with Crippen LogP contribution in [0.4, 0.5) is 0 Å². The first kappa shape index (κ1) is 23.2. The number of sulfone groups is 2. The second-order valence-corrected chi connectivity index (χ2v) is 13.2. The predicted octanol–water partition coefficient (Wildman–Crippen LogP) is 1.97. The molecule has 1 aromatic carbocycles. The van der Waals surface area contributed by atoms with Crippen molar-refractivity contribution < 1.29 is 26.4 Å². The fourth-order valence-electron chi connectivity index (χ4n) is 4.49. The average molecular weight is 458 g/mol. The molecule has 0 aliphatic carbocycles. The van der Waals surface area contributed by atoms with Crippen LogP contribution >= 0.6 is 0 Å². The van der Waals surface area contributed by atoms with Crippen LogP contribution in [0, 0.1) is 5.41 Å².